The van der Waals surface area contributed by atoms with Crippen LogP contribution in [0.2, 0.25) is 0 Å². The number of aryl methyl sites for hydroxylation is 2. The van der Waals surface area contributed by atoms with E-state index in [1.807, 2.05) is 4.72 Å². The summed E-state index contributed by atoms with van der Waals surface area (Å²) in [5, 5.41) is 17.5. The van der Waals surface area contributed by atoms with Crippen molar-refractivity contribution in [3.05, 3.63) is 29.3 Å². The number of aliphatic carboxylic acids is 2. The average molecular weight is 315 g/mol. The van der Waals surface area contributed by atoms with Gasteiger partial charge in [-0.05, 0) is 43.5 Å². The number of benzene rings is 1. The number of hydrogen-bond acceptors (Lipinski definition) is 4. The van der Waals surface area contributed by atoms with Gasteiger partial charge in [0.1, 0.15) is 6.04 Å². The van der Waals surface area contributed by atoms with E-state index in [-0.39, 0.29) is 11.3 Å². The van der Waals surface area contributed by atoms with Crippen molar-refractivity contribution in [1.82, 2.24) is 4.72 Å². The summed E-state index contributed by atoms with van der Waals surface area (Å²) in [7, 11) is -4.02. The third kappa shape index (κ3) is 5.16. The number of carboxylic acid groups (broad SMARTS) is 2. The Morgan fingerprint density at radius 1 is 1.14 bits per heavy atom. The Bertz CT molecular complexity index is 632. The summed E-state index contributed by atoms with van der Waals surface area (Å²) in [6, 6.07) is 3.15. The predicted octanol–water partition coefficient (Wildman–Crippen LogP) is 0.900. The van der Waals surface area contributed by atoms with Gasteiger partial charge in [-0.25, -0.2) is 8.42 Å². The van der Waals surface area contributed by atoms with Crippen LogP contribution in [0.5, 0.6) is 0 Å². The monoisotopic (exact) mass is 315 g/mol. The Morgan fingerprint density at radius 2 is 1.67 bits per heavy atom. The van der Waals surface area contributed by atoms with Crippen LogP contribution in [-0.2, 0) is 19.6 Å². The number of sulfonamides is 1. The van der Waals surface area contributed by atoms with Gasteiger partial charge in [0.2, 0.25) is 10.0 Å². The third-order valence-corrected chi connectivity index (χ3v) is 4.20. The van der Waals surface area contributed by atoms with E-state index >= 15 is 0 Å². The maximum atomic E-state index is 12.2. The maximum Gasteiger partial charge on any atom is 0.321 e. The highest BCUT2D eigenvalue weighted by atomic mass is 32.2. The molecule has 0 saturated heterocycles. The summed E-state index contributed by atoms with van der Waals surface area (Å²) in [5.41, 5.74) is 1.46. The number of carbonyl (C=O) groups is 2. The van der Waals surface area contributed by atoms with E-state index in [4.69, 9.17) is 10.2 Å². The van der Waals surface area contributed by atoms with Crippen molar-refractivity contribution in [3.63, 3.8) is 0 Å². The number of rotatable bonds is 7. The van der Waals surface area contributed by atoms with Gasteiger partial charge in [0.15, 0.2) is 0 Å². The minimum absolute atomic E-state index is 0.0402. The van der Waals surface area contributed by atoms with Gasteiger partial charge in [0.05, 0.1) is 4.90 Å². The molecule has 0 spiro atoms. The summed E-state index contributed by atoms with van der Waals surface area (Å²) in [5.74, 6) is -2.60. The molecule has 1 aromatic carbocycles. The fourth-order valence-corrected chi connectivity index (χ4v) is 3.26. The van der Waals surface area contributed by atoms with E-state index in [9.17, 15) is 18.0 Å². The summed E-state index contributed by atoms with van der Waals surface area (Å²) in [4.78, 5) is 21.5. The van der Waals surface area contributed by atoms with Gasteiger partial charge in [-0.1, -0.05) is 6.07 Å². The molecule has 0 saturated carbocycles. The standard InChI is InChI=1S/C13H17NO6S/c1-8-5-9(2)7-10(6-8)21(19,20)14-11(13(17)18)3-4-12(15)16/h5-7,11,14H,3-4H2,1-2H3,(H,15,16)(H,17,18). The molecule has 0 aliphatic rings. The van der Waals surface area contributed by atoms with Crippen molar-refractivity contribution in [2.45, 2.75) is 37.6 Å². The zero-order chi connectivity index (χ0) is 16.2. The second-order valence-electron chi connectivity index (χ2n) is 4.77. The third-order valence-electron chi connectivity index (χ3n) is 2.75. The van der Waals surface area contributed by atoms with E-state index in [0.29, 0.717) is 0 Å². The average Bonchev–Trinajstić information content (AvgIpc) is 2.32. The van der Waals surface area contributed by atoms with Crippen molar-refractivity contribution in [2.24, 2.45) is 0 Å². The molecule has 7 nitrogen and oxygen atoms in total. The minimum Gasteiger partial charge on any atom is -0.481 e. The van der Waals surface area contributed by atoms with Crippen molar-refractivity contribution >= 4 is 22.0 Å². The summed E-state index contributed by atoms with van der Waals surface area (Å²) in [6.07, 6.45) is -0.763. The second kappa shape index (κ2) is 6.68. The first-order chi connectivity index (χ1) is 9.61. The Balaban J connectivity index is 3.00. The van der Waals surface area contributed by atoms with Crippen LogP contribution in [0, 0.1) is 13.8 Å². The molecule has 8 heteroatoms. The molecule has 0 aromatic heterocycles. The lowest BCUT2D eigenvalue weighted by Gasteiger charge is -2.14. The SMILES string of the molecule is Cc1cc(C)cc(S(=O)(=O)NC(CCC(=O)O)C(=O)O)c1. The number of carboxylic acids is 2. The highest BCUT2D eigenvalue weighted by Gasteiger charge is 2.26. The maximum absolute atomic E-state index is 12.2. The highest BCUT2D eigenvalue weighted by Crippen LogP contribution is 2.15. The van der Waals surface area contributed by atoms with Gasteiger partial charge in [-0.3, -0.25) is 9.59 Å². The fourth-order valence-electron chi connectivity index (χ4n) is 1.84. The van der Waals surface area contributed by atoms with Crippen LogP contribution in [0.3, 0.4) is 0 Å². The topological polar surface area (TPSA) is 121 Å². The van der Waals surface area contributed by atoms with Gasteiger partial charge in [0, 0.05) is 6.42 Å². The van der Waals surface area contributed by atoms with Gasteiger partial charge in [-0.15, -0.1) is 0 Å². The normalized spacial score (nSPS) is 12.9. The predicted molar refractivity (Wildman–Crippen MR) is 74.5 cm³/mol. The molecule has 0 aliphatic carbocycles. The van der Waals surface area contributed by atoms with Crippen molar-refractivity contribution < 1.29 is 28.2 Å². The molecule has 1 aromatic rings. The molecule has 21 heavy (non-hydrogen) atoms. The van der Waals surface area contributed by atoms with Crippen LogP contribution in [-0.4, -0.2) is 36.6 Å². The molecule has 0 radical (unpaired) electrons. The van der Waals surface area contributed by atoms with Crippen molar-refractivity contribution in [2.75, 3.05) is 0 Å². The molecule has 0 bridgehead atoms. The lowest BCUT2D eigenvalue weighted by Crippen LogP contribution is -2.41. The van der Waals surface area contributed by atoms with Crippen LogP contribution >= 0.6 is 0 Å². The molecule has 3 N–H and O–H groups in total. The molecule has 0 heterocycles. The second-order valence-corrected chi connectivity index (χ2v) is 6.48. The Kier molecular flexibility index (Phi) is 5.45. The largest absolute Gasteiger partial charge is 0.481 e. The van der Waals surface area contributed by atoms with Crippen LogP contribution < -0.4 is 4.72 Å². The van der Waals surface area contributed by atoms with E-state index < -0.39 is 34.4 Å². The quantitative estimate of drug-likeness (QED) is 0.687. The van der Waals surface area contributed by atoms with Crippen LogP contribution in [0.25, 0.3) is 0 Å². The molecule has 1 unspecified atom stereocenters. The molecular formula is C13H17NO6S. The summed E-state index contributed by atoms with van der Waals surface area (Å²) in [6.45, 7) is 3.45. The molecular weight excluding hydrogens is 298 g/mol. The van der Waals surface area contributed by atoms with Crippen LogP contribution in [0.4, 0.5) is 0 Å². The van der Waals surface area contributed by atoms with Gasteiger partial charge >= 0.3 is 11.9 Å². The van der Waals surface area contributed by atoms with E-state index in [1.165, 1.54) is 12.1 Å². The molecule has 1 rings (SSSR count). The van der Waals surface area contributed by atoms with E-state index in [2.05, 4.69) is 0 Å². The van der Waals surface area contributed by atoms with Crippen LogP contribution in [0.15, 0.2) is 23.1 Å². The molecule has 0 amide bonds. The van der Waals surface area contributed by atoms with Crippen LogP contribution in [0.1, 0.15) is 24.0 Å². The zero-order valence-corrected chi connectivity index (χ0v) is 12.5. The van der Waals surface area contributed by atoms with Gasteiger partial charge in [-0.2, -0.15) is 4.72 Å². The lowest BCUT2D eigenvalue weighted by molar-refractivity contribution is -0.140. The number of hydrogen-bond donors (Lipinski definition) is 3. The first-order valence-electron chi connectivity index (χ1n) is 6.17. The van der Waals surface area contributed by atoms with Gasteiger partial charge in [0.25, 0.3) is 0 Å². The molecule has 0 fully saturated rings. The highest BCUT2D eigenvalue weighted by molar-refractivity contribution is 7.89. The Hall–Kier alpha value is -1.93. The minimum atomic E-state index is -4.02. The summed E-state index contributed by atoms with van der Waals surface area (Å²) >= 11 is 0. The number of nitrogens with one attached hydrogen (secondary N) is 1. The first kappa shape index (κ1) is 17.1. The lowest BCUT2D eigenvalue weighted by atomic mass is 10.2. The molecule has 1 atom stereocenters. The van der Waals surface area contributed by atoms with E-state index in [0.717, 1.165) is 11.1 Å². The molecule has 0 aliphatic heterocycles. The zero-order valence-electron chi connectivity index (χ0n) is 11.7. The Morgan fingerprint density at radius 3 is 2.10 bits per heavy atom. The van der Waals surface area contributed by atoms with Gasteiger partial charge < -0.3 is 10.2 Å². The fraction of sp³-hybridized carbons (Fsp3) is 0.385. The smallest absolute Gasteiger partial charge is 0.321 e. The van der Waals surface area contributed by atoms with Crippen molar-refractivity contribution in [1.29, 1.82) is 0 Å². The molecule has 116 valence electrons. The first-order valence-corrected chi connectivity index (χ1v) is 7.65. The van der Waals surface area contributed by atoms with Crippen molar-refractivity contribution in [3.8, 4) is 0 Å². The van der Waals surface area contributed by atoms with E-state index in [1.54, 1.807) is 19.9 Å². The Labute approximate surface area is 122 Å². The summed E-state index contributed by atoms with van der Waals surface area (Å²) < 4.78 is 26.4.